The van der Waals surface area contributed by atoms with E-state index in [2.05, 4.69) is 39.3 Å². The molecule has 2 N–H and O–H groups in total. The van der Waals surface area contributed by atoms with E-state index in [1.807, 2.05) is 36.5 Å². The number of hydrogen-bond donors (Lipinski definition) is 2. The SMILES string of the molecule is CCC(NC(=O)CN1CC=C(c2c[nH]c3ncccc23)CC1)c1ccc(Cl)cc1. The van der Waals surface area contributed by atoms with Crippen LogP contribution in [-0.2, 0) is 4.79 Å². The zero-order valence-electron chi connectivity index (χ0n) is 16.5. The third-order valence-electron chi connectivity index (χ3n) is 5.47. The van der Waals surface area contributed by atoms with Crippen molar-refractivity contribution < 1.29 is 4.79 Å². The molecule has 0 radical (unpaired) electrons. The van der Waals surface area contributed by atoms with Gasteiger partial charge in [0.25, 0.3) is 0 Å². The van der Waals surface area contributed by atoms with Gasteiger partial charge in [0.2, 0.25) is 5.91 Å². The summed E-state index contributed by atoms with van der Waals surface area (Å²) in [7, 11) is 0. The number of amides is 1. The number of carbonyl (C=O) groups excluding carboxylic acids is 1. The summed E-state index contributed by atoms with van der Waals surface area (Å²) in [6.45, 7) is 4.12. The van der Waals surface area contributed by atoms with E-state index in [0.29, 0.717) is 11.6 Å². The Labute approximate surface area is 175 Å². The second-order valence-electron chi connectivity index (χ2n) is 7.40. The number of carbonyl (C=O) groups is 1. The van der Waals surface area contributed by atoms with Gasteiger partial charge in [-0.25, -0.2) is 4.98 Å². The second kappa shape index (κ2) is 8.80. The molecule has 3 heterocycles. The fourth-order valence-corrected chi connectivity index (χ4v) is 4.01. The van der Waals surface area contributed by atoms with E-state index in [1.165, 1.54) is 11.1 Å². The van der Waals surface area contributed by atoms with Crippen LogP contribution < -0.4 is 5.32 Å². The smallest absolute Gasteiger partial charge is 0.234 e. The van der Waals surface area contributed by atoms with Gasteiger partial charge in [-0.3, -0.25) is 9.69 Å². The Kier molecular flexibility index (Phi) is 5.97. The molecule has 1 aliphatic heterocycles. The molecule has 5 nitrogen and oxygen atoms in total. The summed E-state index contributed by atoms with van der Waals surface area (Å²) in [4.78, 5) is 22.4. The number of aromatic nitrogens is 2. The molecule has 0 bridgehead atoms. The van der Waals surface area contributed by atoms with E-state index in [4.69, 9.17) is 11.6 Å². The van der Waals surface area contributed by atoms with Gasteiger partial charge in [-0.05, 0) is 48.2 Å². The number of hydrogen-bond acceptors (Lipinski definition) is 3. The third kappa shape index (κ3) is 4.52. The Morgan fingerprint density at radius 1 is 1.31 bits per heavy atom. The highest BCUT2D eigenvalue weighted by molar-refractivity contribution is 6.30. The number of nitrogens with zero attached hydrogens (tertiary/aromatic N) is 2. The van der Waals surface area contributed by atoms with Crippen LogP contribution in [0.3, 0.4) is 0 Å². The molecule has 1 unspecified atom stereocenters. The van der Waals surface area contributed by atoms with Gasteiger partial charge in [0, 0.05) is 41.5 Å². The van der Waals surface area contributed by atoms with E-state index < -0.39 is 0 Å². The molecule has 1 aromatic carbocycles. The van der Waals surface area contributed by atoms with Crippen molar-refractivity contribution in [3.63, 3.8) is 0 Å². The first-order chi connectivity index (χ1) is 14.1. The van der Waals surface area contributed by atoms with E-state index in [9.17, 15) is 4.79 Å². The largest absolute Gasteiger partial charge is 0.348 e. The molecule has 0 spiro atoms. The van der Waals surface area contributed by atoms with Crippen molar-refractivity contribution in [1.29, 1.82) is 0 Å². The van der Waals surface area contributed by atoms with Gasteiger partial charge in [0.05, 0.1) is 12.6 Å². The molecule has 3 aromatic rings. The topological polar surface area (TPSA) is 61.0 Å². The lowest BCUT2D eigenvalue weighted by Crippen LogP contribution is -2.40. The lowest BCUT2D eigenvalue weighted by Gasteiger charge is -2.27. The van der Waals surface area contributed by atoms with Crippen molar-refractivity contribution >= 4 is 34.1 Å². The molecule has 0 aliphatic carbocycles. The van der Waals surface area contributed by atoms with Gasteiger partial charge in [-0.1, -0.05) is 36.7 Å². The van der Waals surface area contributed by atoms with Crippen LogP contribution in [0, 0.1) is 0 Å². The lowest BCUT2D eigenvalue weighted by molar-refractivity contribution is -0.123. The quantitative estimate of drug-likeness (QED) is 0.627. The zero-order valence-corrected chi connectivity index (χ0v) is 17.2. The third-order valence-corrected chi connectivity index (χ3v) is 5.73. The van der Waals surface area contributed by atoms with E-state index in [1.54, 1.807) is 6.20 Å². The summed E-state index contributed by atoms with van der Waals surface area (Å²) in [6, 6.07) is 11.7. The summed E-state index contributed by atoms with van der Waals surface area (Å²) >= 11 is 5.97. The zero-order chi connectivity index (χ0) is 20.2. The molecule has 29 heavy (non-hydrogen) atoms. The average Bonchev–Trinajstić information content (AvgIpc) is 3.17. The fourth-order valence-electron chi connectivity index (χ4n) is 3.88. The number of aromatic amines is 1. The van der Waals surface area contributed by atoms with Gasteiger partial charge in [-0.15, -0.1) is 0 Å². The Morgan fingerprint density at radius 2 is 2.14 bits per heavy atom. The second-order valence-corrected chi connectivity index (χ2v) is 7.83. The number of fused-ring (bicyclic) bond motifs is 1. The molecule has 1 atom stereocenters. The monoisotopic (exact) mass is 408 g/mol. The summed E-state index contributed by atoms with van der Waals surface area (Å²) in [6.07, 6.45) is 7.81. The Hall–Kier alpha value is -2.63. The molecular weight excluding hydrogens is 384 g/mol. The van der Waals surface area contributed by atoms with Crippen LogP contribution in [0.25, 0.3) is 16.6 Å². The van der Waals surface area contributed by atoms with Gasteiger partial charge in [0.15, 0.2) is 0 Å². The highest BCUT2D eigenvalue weighted by Crippen LogP contribution is 2.28. The number of nitrogens with one attached hydrogen (secondary N) is 2. The number of benzene rings is 1. The lowest BCUT2D eigenvalue weighted by atomic mass is 9.99. The highest BCUT2D eigenvalue weighted by Gasteiger charge is 2.19. The highest BCUT2D eigenvalue weighted by atomic mass is 35.5. The molecule has 2 aromatic heterocycles. The first-order valence-electron chi connectivity index (χ1n) is 10.0. The molecule has 150 valence electrons. The first-order valence-corrected chi connectivity index (χ1v) is 10.4. The molecule has 4 rings (SSSR count). The van der Waals surface area contributed by atoms with Crippen molar-refractivity contribution in [2.24, 2.45) is 0 Å². The number of H-pyrrole nitrogens is 1. The van der Waals surface area contributed by atoms with Crippen LogP contribution in [0.1, 0.15) is 36.9 Å². The van der Waals surface area contributed by atoms with Crippen LogP contribution in [0.15, 0.2) is 54.9 Å². The molecule has 0 saturated carbocycles. The maximum Gasteiger partial charge on any atom is 0.234 e. The number of halogens is 1. The van der Waals surface area contributed by atoms with Gasteiger partial charge >= 0.3 is 0 Å². The summed E-state index contributed by atoms with van der Waals surface area (Å²) < 4.78 is 0. The summed E-state index contributed by atoms with van der Waals surface area (Å²) in [5.74, 6) is 0.0555. The average molecular weight is 409 g/mol. The minimum atomic E-state index is 0.00869. The van der Waals surface area contributed by atoms with E-state index in [0.717, 1.165) is 42.5 Å². The molecule has 1 aliphatic rings. The van der Waals surface area contributed by atoms with Crippen LogP contribution in [0.5, 0.6) is 0 Å². The van der Waals surface area contributed by atoms with Crippen LogP contribution in [0.2, 0.25) is 5.02 Å². The van der Waals surface area contributed by atoms with Crippen LogP contribution >= 0.6 is 11.6 Å². The maximum absolute atomic E-state index is 12.6. The maximum atomic E-state index is 12.6. The molecule has 0 fully saturated rings. The molecular formula is C23H25ClN4O. The molecule has 1 amide bonds. The predicted molar refractivity (Wildman–Crippen MR) is 118 cm³/mol. The van der Waals surface area contributed by atoms with E-state index in [-0.39, 0.29) is 11.9 Å². The fraction of sp³-hybridized carbons (Fsp3) is 0.304. The standard InChI is InChI=1S/C23H25ClN4O/c1-2-21(17-5-7-18(24)8-6-17)27-22(29)15-28-12-9-16(10-13-28)20-14-26-23-19(20)4-3-11-25-23/h3-9,11,14,21H,2,10,12-13,15H2,1H3,(H,25,26)(H,27,29). The number of rotatable bonds is 6. The van der Waals surface area contributed by atoms with Crippen molar-refractivity contribution in [3.05, 3.63) is 71.0 Å². The van der Waals surface area contributed by atoms with Crippen molar-refractivity contribution in [1.82, 2.24) is 20.2 Å². The van der Waals surface area contributed by atoms with Gasteiger partial charge in [0.1, 0.15) is 5.65 Å². The number of pyridine rings is 1. The van der Waals surface area contributed by atoms with Gasteiger partial charge in [-0.2, -0.15) is 0 Å². The van der Waals surface area contributed by atoms with E-state index >= 15 is 0 Å². The molecule has 6 heteroatoms. The van der Waals surface area contributed by atoms with Crippen molar-refractivity contribution in [2.45, 2.75) is 25.8 Å². The first kappa shape index (κ1) is 19.7. The Bertz CT molecular complexity index is 1020. The minimum absolute atomic E-state index is 0.00869. The normalized spacial score (nSPS) is 15.9. The van der Waals surface area contributed by atoms with Crippen molar-refractivity contribution in [3.8, 4) is 0 Å². The Balaban J connectivity index is 1.36. The van der Waals surface area contributed by atoms with Crippen LogP contribution in [0.4, 0.5) is 0 Å². The minimum Gasteiger partial charge on any atom is -0.348 e. The van der Waals surface area contributed by atoms with Crippen molar-refractivity contribution in [2.75, 3.05) is 19.6 Å². The predicted octanol–water partition coefficient (Wildman–Crippen LogP) is 4.57. The summed E-state index contributed by atoms with van der Waals surface area (Å²) in [5.41, 5.74) is 4.52. The molecule has 0 saturated heterocycles. The summed E-state index contributed by atoms with van der Waals surface area (Å²) in [5, 5.41) is 5.01. The van der Waals surface area contributed by atoms with Gasteiger partial charge < -0.3 is 10.3 Å². The van der Waals surface area contributed by atoms with Crippen LogP contribution in [-0.4, -0.2) is 40.4 Å². The Morgan fingerprint density at radius 3 is 2.86 bits per heavy atom.